The molecule has 0 radical (unpaired) electrons. The van der Waals surface area contributed by atoms with Gasteiger partial charge >= 0.3 is 0 Å². The quantitative estimate of drug-likeness (QED) is 0.436. The van der Waals surface area contributed by atoms with Crippen molar-refractivity contribution in [1.82, 2.24) is 10.2 Å². The predicted molar refractivity (Wildman–Crippen MR) is 126 cm³/mol. The molecule has 0 spiro atoms. The van der Waals surface area contributed by atoms with Crippen molar-refractivity contribution in [3.63, 3.8) is 0 Å². The van der Waals surface area contributed by atoms with Crippen molar-refractivity contribution in [2.45, 2.75) is 18.2 Å². The molecule has 0 bridgehead atoms. The van der Waals surface area contributed by atoms with E-state index in [1.807, 2.05) is 6.92 Å². The van der Waals surface area contributed by atoms with Crippen molar-refractivity contribution >= 4 is 39.1 Å². The first kappa shape index (κ1) is 26.4. The van der Waals surface area contributed by atoms with Crippen LogP contribution in [0.2, 0.25) is 5.02 Å². The minimum Gasteiger partial charge on any atom is -0.494 e. The van der Waals surface area contributed by atoms with Crippen LogP contribution in [-0.2, 0) is 19.6 Å². The Morgan fingerprint density at radius 3 is 2.45 bits per heavy atom. The molecule has 2 aromatic carbocycles. The zero-order valence-electron chi connectivity index (χ0n) is 18.8. The molecule has 9 nitrogen and oxygen atoms in total. The van der Waals surface area contributed by atoms with E-state index in [0.717, 1.165) is 0 Å². The van der Waals surface area contributed by atoms with E-state index in [9.17, 15) is 18.0 Å². The van der Waals surface area contributed by atoms with Gasteiger partial charge in [0, 0.05) is 38.6 Å². The highest BCUT2D eigenvalue weighted by atomic mass is 35.5. The van der Waals surface area contributed by atoms with Crippen molar-refractivity contribution in [3.8, 4) is 5.75 Å². The lowest BCUT2D eigenvalue weighted by atomic mass is 10.2. The van der Waals surface area contributed by atoms with Crippen molar-refractivity contribution in [2.75, 3.05) is 45.2 Å². The maximum absolute atomic E-state index is 12.9. The van der Waals surface area contributed by atoms with Gasteiger partial charge < -0.3 is 19.7 Å². The molecule has 2 rings (SSSR count). The summed E-state index contributed by atoms with van der Waals surface area (Å²) in [6, 6.07) is 10.3. The van der Waals surface area contributed by atoms with Gasteiger partial charge in [0.05, 0.1) is 18.2 Å². The first-order valence-corrected chi connectivity index (χ1v) is 12.1. The molecule has 0 aliphatic carbocycles. The fourth-order valence-electron chi connectivity index (χ4n) is 2.85. The van der Waals surface area contributed by atoms with Gasteiger partial charge in [0.2, 0.25) is 5.91 Å². The second-order valence-electron chi connectivity index (χ2n) is 7.07. The Morgan fingerprint density at radius 2 is 1.82 bits per heavy atom. The number of carbonyl (C=O) groups is 2. The SMILES string of the molecule is CCOc1ccc(NS(=O)(=O)c2cc(C(=O)N(C)CC(=O)NCCCOC)ccc2Cl)cc1. The highest BCUT2D eigenvalue weighted by Crippen LogP contribution is 2.26. The Hall–Kier alpha value is -2.82. The van der Waals surface area contributed by atoms with Crippen LogP contribution in [-0.4, -0.2) is 65.6 Å². The summed E-state index contributed by atoms with van der Waals surface area (Å²) >= 11 is 6.13. The zero-order chi connectivity index (χ0) is 24.4. The van der Waals surface area contributed by atoms with Crippen LogP contribution in [0.5, 0.6) is 5.75 Å². The molecule has 2 aromatic rings. The molecular weight excluding hydrogens is 470 g/mol. The van der Waals surface area contributed by atoms with E-state index in [1.54, 1.807) is 31.4 Å². The molecule has 0 unspecified atom stereocenters. The number of benzene rings is 2. The number of carbonyl (C=O) groups excluding carboxylic acids is 2. The Kier molecular flexibility index (Phi) is 9.95. The van der Waals surface area contributed by atoms with E-state index in [1.165, 1.54) is 30.1 Å². The summed E-state index contributed by atoms with van der Waals surface area (Å²) < 4.78 is 38.5. The van der Waals surface area contributed by atoms with Crippen LogP contribution >= 0.6 is 11.6 Å². The maximum Gasteiger partial charge on any atom is 0.263 e. The van der Waals surface area contributed by atoms with Gasteiger partial charge in [-0.25, -0.2) is 8.42 Å². The molecular formula is C22H28ClN3O6S. The maximum atomic E-state index is 12.9. The lowest BCUT2D eigenvalue weighted by molar-refractivity contribution is -0.121. The van der Waals surface area contributed by atoms with E-state index in [0.29, 0.717) is 37.6 Å². The van der Waals surface area contributed by atoms with E-state index >= 15 is 0 Å². The second kappa shape index (κ2) is 12.4. The number of nitrogens with zero attached hydrogens (tertiary/aromatic N) is 1. The molecule has 2 N–H and O–H groups in total. The number of methoxy groups -OCH3 is 1. The topological polar surface area (TPSA) is 114 Å². The van der Waals surface area contributed by atoms with E-state index in [2.05, 4.69) is 10.0 Å². The smallest absolute Gasteiger partial charge is 0.263 e. The largest absolute Gasteiger partial charge is 0.494 e. The van der Waals surface area contributed by atoms with Gasteiger partial charge in [0.25, 0.3) is 15.9 Å². The molecule has 0 saturated carbocycles. The van der Waals surface area contributed by atoms with Gasteiger partial charge in [-0.15, -0.1) is 0 Å². The fraction of sp³-hybridized carbons (Fsp3) is 0.364. The summed E-state index contributed by atoms with van der Waals surface area (Å²) in [4.78, 5) is 25.7. The molecule has 0 aliphatic rings. The van der Waals surface area contributed by atoms with Crippen LogP contribution in [0.1, 0.15) is 23.7 Å². The summed E-state index contributed by atoms with van der Waals surface area (Å²) in [6.45, 7) is 3.10. The third-order valence-corrected chi connectivity index (χ3v) is 6.32. The Bertz CT molecular complexity index is 1060. The third-order valence-electron chi connectivity index (χ3n) is 4.46. The second-order valence-corrected chi connectivity index (χ2v) is 9.12. The number of likely N-dealkylation sites (N-methyl/N-ethyl adjacent to an activating group) is 1. The van der Waals surface area contributed by atoms with Gasteiger partial charge in [0.15, 0.2) is 0 Å². The number of ether oxygens (including phenoxy) is 2. The lowest BCUT2D eigenvalue weighted by Gasteiger charge is -2.18. The molecule has 11 heteroatoms. The zero-order valence-corrected chi connectivity index (χ0v) is 20.3. The monoisotopic (exact) mass is 497 g/mol. The van der Waals surface area contributed by atoms with Crippen LogP contribution in [0.4, 0.5) is 5.69 Å². The molecule has 2 amide bonds. The number of hydrogen-bond donors (Lipinski definition) is 2. The van der Waals surface area contributed by atoms with E-state index in [-0.39, 0.29) is 27.9 Å². The number of sulfonamides is 1. The van der Waals surface area contributed by atoms with E-state index in [4.69, 9.17) is 21.1 Å². The molecule has 33 heavy (non-hydrogen) atoms. The van der Waals surface area contributed by atoms with Crippen molar-refractivity contribution < 1.29 is 27.5 Å². The van der Waals surface area contributed by atoms with Gasteiger partial charge in [-0.3, -0.25) is 14.3 Å². The van der Waals surface area contributed by atoms with Gasteiger partial charge in [-0.05, 0) is 55.8 Å². The summed E-state index contributed by atoms with van der Waals surface area (Å²) in [5, 5.41) is 2.65. The third kappa shape index (κ3) is 7.92. The summed E-state index contributed by atoms with van der Waals surface area (Å²) in [7, 11) is -1.05. The minimum atomic E-state index is -4.08. The fourth-order valence-corrected chi connectivity index (χ4v) is 4.43. The predicted octanol–water partition coefficient (Wildman–Crippen LogP) is 2.76. The summed E-state index contributed by atoms with van der Waals surface area (Å²) in [5.74, 6) is -0.242. The number of nitrogens with one attached hydrogen (secondary N) is 2. The summed E-state index contributed by atoms with van der Waals surface area (Å²) in [6.07, 6.45) is 0.652. The highest BCUT2D eigenvalue weighted by Gasteiger charge is 2.22. The first-order valence-electron chi connectivity index (χ1n) is 10.2. The Labute approximate surface area is 199 Å². The highest BCUT2D eigenvalue weighted by molar-refractivity contribution is 7.92. The number of rotatable bonds is 12. The van der Waals surface area contributed by atoms with Crippen molar-refractivity contribution in [2.24, 2.45) is 0 Å². The first-order chi connectivity index (χ1) is 15.7. The van der Waals surface area contributed by atoms with Gasteiger partial charge in [-0.2, -0.15) is 0 Å². The number of anilines is 1. The molecule has 0 atom stereocenters. The molecule has 180 valence electrons. The average molecular weight is 498 g/mol. The Balaban J connectivity index is 2.11. The van der Waals surface area contributed by atoms with Gasteiger partial charge in [0.1, 0.15) is 10.6 Å². The molecule has 0 aromatic heterocycles. The number of halogens is 1. The normalized spacial score (nSPS) is 11.0. The summed E-state index contributed by atoms with van der Waals surface area (Å²) in [5.41, 5.74) is 0.398. The number of hydrogen-bond acceptors (Lipinski definition) is 6. The molecule has 0 heterocycles. The van der Waals surface area contributed by atoms with Crippen LogP contribution in [0.25, 0.3) is 0 Å². The molecule has 0 fully saturated rings. The average Bonchev–Trinajstić information content (AvgIpc) is 2.77. The van der Waals surface area contributed by atoms with Gasteiger partial charge in [-0.1, -0.05) is 11.6 Å². The van der Waals surface area contributed by atoms with Crippen molar-refractivity contribution in [3.05, 3.63) is 53.1 Å². The standard InChI is InChI=1S/C22H28ClN3O6S/c1-4-32-18-9-7-17(8-10-18)25-33(29,30)20-14-16(6-11-19(20)23)22(28)26(2)15-21(27)24-12-5-13-31-3/h6-11,14,25H,4-5,12-13,15H2,1-3H3,(H,24,27). The van der Waals surface area contributed by atoms with Crippen molar-refractivity contribution in [1.29, 1.82) is 0 Å². The van der Waals surface area contributed by atoms with Crippen LogP contribution in [0.3, 0.4) is 0 Å². The Morgan fingerprint density at radius 1 is 1.12 bits per heavy atom. The van der Waals surface area contributed by atoms with Crippen LogP contribution in [0.15, 0.2) is 47.4 Å². The van der Waals surface area contributed by atoms with Crippen LogP contribution < -0.4 is 14.8 Å². The minimum absolute atomic E-state index is 0.0384. The number of amides is 2. The van der Waals surface area contributed by atoms with Crippen LogP contribution in [0, 0.1) is 0 Å². The lowest BCUT2D eigenvalue weighted by Crippen LogP contribution is -2.38. The molecule has 0 aliphatic heterocycles. The molecule has 0 saturated heterocycles. The van der Waals surface area contributed by atoms with E-state index < -0.39 is 15.9 Å².